The number of nitrogens with two attached hydrogens (primary N) is 2. The van der Waals surface area contributed by atoms with Crippen molar-refractivity contribution in [1.82, 2.24) is 9.78 Å². The van der Waals surface area contributed by atoms with Gasteiger partial charge >= 0.3 is 16.0 Å². The average Bonchev–Trinajstić information content (AvgIpc) is 2.72. The van der Waals surface area contributed by atoms with E-state index >= 15 is 0 Å². The summed E-state index contributed by atoms with van der Waals surface area (Å²) >= 11 is 11.6. The van der Waals surface area contributed by atoms with Gasteiger partial charge in [0.15, 0.2) is 0 Å². The Balaban J connectivity index is 1.77. The fourth-order valence-corrected chi connectivity index (χ4v) is 3.66. The van der Waals surface area contributed by atoms with E-state index < -0.39 is 27.4 Å². The number of amides is 1. The van der Waals surface area contributed by atoms with Crippen molar-refractivity contribution in [2.45, 2.75) is 4.90 Å². The fraction of sp³-hybridized carbons (Fsp3) is 0. The average molecular weight is 482 g/mol. The Kier molecular flexibility index (Phi) is 6.29. The van der Waals surface area contributed by atoms with Crippen LogP contribution in [0.25, 0.3) is 5.69 Å². The number of nitrogens with zero attached hydrogens (tertiary/aromatic N) is 2. The Morgan fingerprint density at radius 2 is 1.65 bits per heavy atom. The van der Waals surface area contributed by atoms with Crippen LogP contribution in [0.5, 0.6) is 0 Å². The van der Waals surface area contributed by atoms with Gasteiger partial charge in [0.25, 0.3) is 11.5 Å². The van der Waals surface area contributed by atoms with Crippen molar-refractivity contribution in [3.8, 4) is 5.69 Å². The number of nitrogens with one attached hydrogen (secondary N) is 2. The molecule has 0 fully saturated rings. The number of halogens is 2. The number of carbonyl (C=O) groups excluding carboxylic acids is 1. The van der Waals surface area contributed by atoms with Crippen LogP contribution in [0.15, 0.2) is 64.4 Å². The minimum atomic E-state index is -3.90. The van der Waals surface area contributed by atoms with E-state index in [1.807, 2.05) is 4.40 Å². The van der Waals surface area contributed by atoms with E-state index in [9.17, 15) is 18.0 Å². The topological polar surface area (TPSA) is 164 Å². The number of hydrogen-bond acceptors (Lipinski definition) is 5. The van der Waals surface area contributed by atoms with Crippen molar-refractivity contribution in [3.05, 3.63) is 80.7 Å². The molecule has 0 aliphatic heterocycles. The summed E-state index contributed by atoms with van der Waals surface area (Å²) in [5, 5.41) is 6.43. The molecule has 0 bridgehead atoms. The van der Waals surface area contributed by atoms with Gasteiger partial charge in [-0.15, -0.1) is 0 Å². The molecule has 10 nitrogen and oxygen atoms in total. The van der Waals surface area contributed by atoms with Gasteiger partial charge in [0.1, 0.15) is 9.92 Å². The molecule has 0 unspecified atom stereocenters. The van der Waals surface area contributed by atoms with E-state index in [1.54, 1.807) is 0 Å². The van der Waals surface area contributed by atoms with Gasteiger partial charge in [-0.3, -0.25) is 21.1 Å². The second-order valence-corrected chi connectivity index (χ2v) is 8.58. The predicted octanol–water partition coefficient (Wildman–Crippen LogP) is -0.166. The highest BCUT2D eigenvalue weighted by atomic mass is 35.5. The number of benzene rings is 2. The van der Waals surface area contributed by atoms with Gasteiger partial charge in [0.2, 0.25) is 0 Å². The van der Waals surface area contributed by atoms with Crippen molar-refractivity contribution in [1.29, 1.82) is 0 Å². The number of carbonyl (C=O) groups is 1. The third-order valence-corrected chi connectivity index (χ3v) is 6.07. The molecule has 3 aromatic rings. The smallest absolute Gasteiger partial charge is 0.322 e. The SMILES string of the molecule is NC(N)=[NH+]S(=O)(=O)c1ccc(NC(=O)c2ccc(-n3ncc(Cl)c(Cl)c3=O)cc2)cc1. The lowest BCUT2D eigenvalue weighted by atomic mass is 10.2. The summed E-state index contributed by atoms with van der Waals surface area (Å²) in [5.41, 5.74) is 10.8. The molecule has 0 atom stereocenters. The normalized spacial score (nSPS) is 11.0. The van der Waals surface area contributed by atoms with Gasteiger partial charge in [-0.25, -0.2) is 0 Å². The minimum absolute atomic E-state index is 0.0399. The molecule has 160 valence electrons. The molecular weight excluding hydrogens is 467 g/mol. The molecule has 13 heteroatoms. The highest BCUT2D eigenvalue weighted by Crippen LogP contribution is 2.17. The van der Waals surface area contributed by atoms with Crippen molar-refractivity contribution in [2.24, 2.45) is 11.5 Å². The van der Waals surface area contributed by atoms with Crippen LogP contribution in [0.2, 0.25) is 10.0 Å². The first-order valence-electron chi connectivity index (χ1n) is 8.44. The summed E-state index contributed by atoms with van der Waals surface area (Å²) in [4.78, 5) is 24.5. The molecule has 31 heavy (non-hydrogen) atoms. The highest BCUT2D eigenvalue weighted by molar-refractivity contribution is 7.84. The Bertz CT molecular complexity index is 1330. The first-order valence-corrected chi connectivity index (χ1v) is 10.7. The molecule has 0 saturated heterocycles. The van der Waals surface area contributed by atoms with Crippen molar-refractivity contribution in [2.75, 3.05) is 5.32 Å². The summed E-state index contributed by atoms with van der Waals surface area (Å²) in [7, 11) is -3.90. The Morgan fingerprint density at radius 1 is 1.03 bits per heavy atom. The Hall–Kier alpha value is -3.41. The molecule has 1 amide bonds. The Morgan fingerprint density at radius 3 is 2.23 bits per heavy atom. The number of anilines is 1. The van der Waals surface area contributed by atoms with Crippen LogP contribution in [0.1, 0.15) is 10.4 Å². The van der Waals surface area contributed by atoms with Crippen LogP contribution in [0.3, 0.4) is 0 Å². The summed E-state index contributed by atoms with van der Waals surface area (Å²) in [5.74, 6) is -0.909. The molecule has 1 aromatic heterocycles. The summed E-state index contributed by atoms with van der Waals surface area (Å²) in [6, 6.07) is 11.4. The number of rotatable bonds is 5. The quantitative estimate of drug-likeness (QED) is 0.290. The molecule has 3 rings (SSSR count). The maximum atomic E-state index is 12.5. The maximum absolute atomic E-state index is 12.5. The molecule has 0 aliphatic rings. The molecule has 0 spiro atoms. The summed E-state index contributed by atoms with van der Waals surface area (Å²) in [6.07, 6.45) is 1.24. The zero-order chi connectivity index (χ0) is 22.8. The van der Waals surface area contributed by atoms with Gasteiger partial charge in [0.05, 0.1) is 16.9 Å². The van der Waals surface area contributed by atoms with Gasteiger partial charge < -0.3 is 5.32 Å². The zero-order valence-electron chi connectivity index (χ0n) is 15.5. The van der Waals surface area contributed by atoms with Crippen LogP contribution in [-0.4, -0.2) is 30.1 Å². The number of aromatic nitrogens is 2. The molecule has 0 radical (unpaired) electrons. The van der Waals surface area contributed by atoms with Crippen molar-refractivity contribution in [3.63, 3.8) is 0 Å². The van der Waals surface area contributed by atoms with Crippen LogP contribution in [0.4, 0.5) is 5.69 Å². The molecule has 0 saturated carbocycles. The van der Waals surface area contributed by atoms with Crippen LogP contribution in [0, 0.1) is 0 Å². The number of hydrogen-bond donors (Lipinski definition) is 4. The highest BCUT2D eigenvalue weighted by Gasteiger charge is 2.15. The lowest BCUT2D eigenvalue weighted by Gasteiger charge is -2.08. The van der Waals surface area contributed by atoms with Crippen LogP contribution >= 0.6 is 23.2 Å². The standard InChI is InChI=1S/C18H14Cl2N6O4S/c19-14-9-23-26(17(28)15(14)20)12-5-1-10(2-6-12)16(27)24-11-3-7-13(8-4-11)31(29,30)25-18(21)22/h1-9H,(H,24,27)(H4,21,22,25)/p+1. The van der Waals surface area contributed by atoms with E-state index in [2.05, 4.69) is 10.4 Å². The van der Waals surface area contributed by atoms with E-state index in [-0.39, 0.29) is 14.9 Å². The fourth-order valence-electron chi connectivity index (χ4n) is 2.49. The maximum Gasteiger partial charge on any atom is 0.353 e. The Labute approximate surface area is 186 Å². The first kappa shape index (κ1) is 22.3. The molecule has 1 heterocycles. The first-order chi connectivity index (χ1) is 14.6. The van der Waals surface area contributed by atoms with E-state index in [0.29, 0.717) is 16.9 Å². The van der Waals surface area contributed by atoms with Crippen LogP contribution in [-0.2, 0) is 10.0 Å². The summed E-state index contributed by atoms with van der Waals surface area (Å²) < 4.78 is 27.0. The van der Waals surface area contributed by atoms with E-state index in [1.165, 1.54) is 54.7 Å². The third kappa shape index (κ3) is 5.02. The van der Waals surface area contributed by atoms with E-state index in [0.717, 1.165) is 4.68 Å². The monoisotopic (exact) mass is 481 g/mol. The molecule has 2 aromatic carbocycles. The summed E-state index contributed by atoms with van der Waals surface area (Å²) in [6.45, 7) is 0. The van der Waals surface area contributed by atoms with Gasteiger partial charge in [-0.2, -0.15) is 22.6 Å². The predicted molar refractivity (Wildman–Crippen MR) is 116 cm³/mol. The van der Waals surface area contributed by atoms with Crippen molar-refractivity contribution < 1.29 is 17.6 Å². The number of guanidine groups is 1. The molecular formula is C18H15Cl2N6O4S+. The molecule has 6 N–H and O–H groups in total. The zero-order valence-corrected chi connectivity index (χ0v) is 17.9. The second kappa shape index (κ2) is 8.76. The van der Waals surface area contributed by atoms with Crippen molar-refractivity contribution >= 4 is 50.8 Å². The third-order valence-electron chi connectivity index (χ3n) is 3.93. The van der Waals surface area contributed by atoms with Gasteiger partial charge in [0, 0.05) is 11.3 Å². The molecule has 0 aliphatic carbocycles. The lowest BCUT2D eigenvalue weighted by Crippen LogP contribution is -2.80. The van der Waals surface area contributed by atoms with Crippen LogP contribution < -0.4 is 26.7 Å². The van der Waals surface area contributed by atoms with Gasteiger partial charge in [-0.05, 0) is 48.5 Å². The lowest BCUT2D eigenvalue weighted by molar-refractivity contribution is -0.270. The largest absolute Gasteiger partial charge is 0.353 e. The minimum Gasteiger partial charge on any atom is -0.322 e. The second-order valence-electron chi connectivity index (χ2n) is 6.11. The van der Waals surface area contributed by atoms with E-state index in [4.69, 9.17) is 34.7 Å². The number of sulfonamides is 1. The van der Waals surface area contributed by atoms with Gasteiger partial charge in [-0.1, -0.05) is 23.2 Å².